The highest BCUT2D eigenvalue weighted by Crippen LogP contribution is 2.32. The van der Waals surface area contributed by atoms with Crippen molar-refractivity contribution >= 4 is 64.8 Å². The third kappa shape index (κ3) is 11.8. The van der Waals surface area contributed by atoms with Gasteiger partial charge in [-0.1, -0.05) is 207 Å². The molecule has 0 saturated carbocycles. The minimum atomic E-state index is -1.62. The van der Waals surface area contributed by atoms with Crippen LogP contribution in [-0.2, 0) is 0 Å². The Labute approximate surface area is 313 Å². The van der Waals surface area contributed by atoms with Crippen LogP contribution in [-0.4, -0.2) is 30.4 Å². The third-order valence-electron chi connectivity index (χ3n) is 8.79. The molecule has 0 radical (unpaired) electrons. The molecule has 0 bridgehead atoms. The molecule has 4 heteroatoms. The van der Waals surface area contributed by atoms with Gasteiger partial charge in [-0.2, -0.15) is 0 Å². The first-order valence-corrected chi connectivity index (χ1v) is 24.1. The first kappa shape index (κ1) is 37.8. The van der Waals surface area contributed by atoms with E-state index in [0.717, 1.165) is 33.8 Å². The van der Waals surface area contributed by atoms with Crippen LogP contribution in [0.2, 0.25) is 26.2 Å². The van der Waals surface area contributed by atoms with Crippen molar-refractivity contribution in [2.75, 3.05) is 14.2 Å². The van der Waals surface area contributed by atoms with Crippen molar-refractivity contribution in [2.24, 2.45) is 0 Å². The summed E-state index contributed by atoms with van der Waals surface area (Å²) < 4.78 is 11.6. The average Bonchev–Trinajstić information content (AvgIpc) is 3.17. The van der Waals surface area contributed by atoms with Crippen molar-refractivity contribution in [2.45, 2.75) is 26.2 Å². The molecule has 262 valence electrons. The van der Waals surface area contributed by atoms with Crippen LogP contribution >= 0.6 is 0 Å². The average molecular weight is 715 g/mol. The fourth-order valence-corrected chi connectivity index (χ4v) is 8.21. The largest absolute Gasteiger partial charge is 0.496 e. The Morgan fingerprint density at radius 3 is 0.904 bits per heavy atom. The van der Waals surface area contributed by atoms with Crippen molar-refractivity contribution in [1.82, 2.24) is 0 Å². The maximum absolute atomic E-state index is 5.81. The van der Waals surface area contributed by atoms with Gasteiger partial charge in [-0.15, -0.1) is 0 Å². The number of ether oxygens (including phenoxy) is 2. The fraction of sp³-hybridized carbons (Fsp3) is 0.125. The summed E-state index contributed by atoms with van der Waals surface area (Å²) in [6.45, 7) is 9.42. The quantitative estimate of drug-likeness (QED) is 0.0842. The number of methoxy groups -OCH3 is 2. The van der Waals surface area contributed by atoms with Crippen LogP contribution in [0.15, 0.2) is 144 Å². The van der Waals surface area contributed by atoms with Crippen LogP contribution < -0.4 is 9.47 Å². The highest BCUT2D eigenvalue weighted by Gasteiger charge is 2.13. The predicted octanol–water partition coefficient (Wildman–Crippen LogP) is 13.1. The van der Waals surface area contributed by atoms with Crippen LogP contribution in [0.4, 0.5) is 0 Å². The fourth-order valence-electron chi connectivity index (χ4n) is 5.50. The monoisotopic (exact) mass is 714 g/mol. The van der Waals surface area contributed by atoms with E-state index in [9.17, 15) is 0 Å². The zero-order valence-electron chi connectivity index (χ0n) is 31.3. The molecule has 52 heavy (non-hydrogen) atoms. The van der Waals surface area contributed by atoms with Gasteiger partial charge in [0.2, 0.25) is 0 Å². The number of hydrogen-bond donors (Lipinski definition) is 0. The van der Waals surface area contributed by atoms with Gasteiger partial charge >= 0.3 is 0 Å². The van der Waals surface area contributed by atoms with E-state index >= 15 is 0 Å². The molecular weight excluding hydrogens is 665 g/mol. The molecule has 0 saturated heterocycles. The van der Waals surface area contributed by atoms with Gasteiger partial charge in [0.05, 0.1) is 30.4 Å². The molecule has 5 aromatic rings. The molecule has 0 aliphatic heterocycles. The highest BCUT2D eigenvalue weighted by atomic mass is 28.3. The molecule has 5 aromatic carbocycles. The Morgan fingerprint density at radius 1 is 0.346 bits per heavy atom. The van der Waals surface area contributed by atoms with E-state index in [2.05, 4.69) is 207 Å². The molecule has 0 amide bonds. The van der Waals surface area contributed by atoms with Gasteiger partial charge in [0.25, 0.3) is 0 Å². The van der Waals surface area contributed by atoms with Gasteiger partial charge in [0.15, 0.2) is 0 Å². The lowest BCUT2D eigenvalue weighted by molar-refractivity contribution is 0.401. The third-order valence-corrected chi connectivity index (χ3v) is 12.9. The smallest absolute Gasteiger partial charge is 0.126 e. The summed E-state index contributed by atoms with van der Waals surface area (Å²) in [4.78, 5) is 0. The summed E-state index contributed by atoms with van der Waals surface area (Å²) in [5.41, 5.74) is 18.6. The normalized spacial score (nSPS) is 12.7. The maximum atomic E-state index is 5.81. The van der Waals surface area contributed by atoms with Crippen LogP contribution in [0.3, 0.4) is 0 Å². The van der Waals surface area contributed by atoms with Gasteiger partial charge in [0, 0.05) is 11.1 Å². The minimum Gasteiger partial charge on any atom is -0.496 e. The van der Waals surface area contributed by atoms with Crippen molar-refractivity contribution in [3.63, 3.8) is 0 Å². The van der Waals surface area contributed by atoms with Gasteiger partial charge in [-0.05, 0) is 45.5 Å². The molecule has 0 N–H and O–H groups in total. The molecule has 0 aromatic heterocycles. The van der Waals surface area contributed by atoms with E-state index in [4.69, 9.17) is 9.47 Å². The van der Waals surface area contributed by atoms with Crippen LogP contribution in [0.5, 0.6) is 11.5 Å². The summed E-state index contributed by atoms with van der Waals surface area (Å²) in [7, 11) is 0.174. The Hall–Kier alpha value is -5.43. The molecular formula is C48H50O2Si2. The van der Waals surface area contributed by atoms with E-state index in [1.54, 1.807) is 14.2 Å². The summed E-state index contributed by atoms with van der Waals surface area (Å²) in [5, 5.41) is 0. The van der Waals surface area contributed by atoms with Crippen LogP contribution in [0.25, 0.3) is 48.6 Å². The molecule has 0 atom stereocenters. The molecule has 0 aliphatic rings. The lowest BCUT2D eigenvalue weighted by Gasteiger charge is -2.12. The van der Waals surface area contributed by atoms with E-state index in [1.807, 2.05) is 12.1 Å². The molecule has 0 fully saturated rings. The van der Waals surface area contributed by atoms with Gasteiger partial charge < -0.3 is 9.47 Å². The van der Waals surface area contributed by atoms with Gasteiger partial charge in [0.1, 0.15) is 11.5 Å². The molecule has 0 unspecified atom stereocenters. The van der Waals surface area contributed by atoms with Crippen LogP contribution in [0, 0.1) is 0 Å². The lowest BCUT2D eigenvalue weighted by Crippen LogP contribution is -2.18. The zero-order valence-corrected chi connectivity index (χ0v) is 33.3. The van der Waals surface area contributed by atoms with Gasteiger partial charge in [-0.25, -0.2) is 0 Å². The number of benzene rings is 5. The van der Waals surface area contributed by atoms with Crippen molar-refractivity contribution in [1.29, 1.82) is 0 Å². The van der Waals surface area contributed by atoms with Crippen LogP contribution in [0.1, 0.15) is 44.5 Å². The molecule has 2 nitrogen and oxygen atoms in total. The van der Waals surface area contributed by atoms with Crippen molar-refractivity contribution < 1.29 is 9.47 Å². The Balaban J connectivity index is 1.22. The first-order chi connectivity index (χ1) is 25.1. The summed E-state index contributed by atoms with van der Waals surface area (Å²) in [6, 6.07) is 42.3. The highest BCUT2D eigenvalue weighted by molar-refractivity contribution is 6.88. The lowest BCUT2D eigenvalue weighted by atomic mass is 10.0. The second-order valence-corrected chi connectivity index (χ2v) is 22.8. The Bertz CT molecular complexity index is 1910. The summed E-state index contributed by atoms with van der Waals surface area (Å²) in [6.07, 6.45) is 17.4. The SMILES string of the molecule is COc1cc(/C=C/c2ccc(/C=C/[Si](C)(C)/C=C/c3ccccc3)cc2)c(OC)cc1/C=C/c1ccc(/C=C/[Si](C)(C)/C=C/c2ccccc2)cc1. The minimum absolute atomic E-state index is 0.792. The van der Waals surface area contributed by atoms with Crippen molar-refractivity contribution in [3.8, 4) is 11.5 Å². The molecule has 5 rings (SSSR count). The van der Waals surface area contributed by atoms with Crippen molar-refractivity contribution in [3.05, 3.63) is 189 Å². The van der Waals surface area contributed by atoms with E-state index in [0.29, 0.717) is 0 Å². The second-order valence-electron chi connectivity index (χ2n) is 14.1. The van der Waals surface area contributed by atoms with E-state index in [-0.39, 0.29) is 0 Å². The second kappa shape index (κ2) is 18.2. The summed E-state index contributed by atoms with van der Waals surface area (Å²) >= 11 is 0. The Kier molecular flexibility index (Phi) is 13.2. The topological polar surface area (TPSA) is 18.5 Å². The predicted molar refractivity (Wildman–Crippen MR) is 234 cm³/mol. The van der Waals surface area contributed by atoms with E-state index in [1.165, 1.54) is 22.3 Å². The maximum Gasteiger partial charge on any atom is 0.126 e. The molecule has 0 heterocycles. The molecule has 0 spiro atoms. The molecule has 0 aliphatic carbocycles. The van der Waals surface area contributed by atoms with E-state index < -0.39 is 16.1 Å². The first-order valence-electron chi connectivity index (χ1n) is 17.8. The standard InChI is InChI=1S/C48H50O2Si2/c1-49-47-37-46(28-26-42-19-23-44(24-20-42)32-36-52(5,6)34-30-40-15-11-8-12-16-40)48(50-2)38-45(47)27-25-41-17-21-43(22-18-41)31-35-51(3,4)33-29-39-13-9-7-10-14-39/h7-38H,1-6H3/b27-25+,28-26+,33-29+,34-30+,35-31+,36-32+. The zero-order chi connectivity index (χ0) is 36.8. The Morgan fingerprint density at radius 2 is 0.615 bits per heavy atom. The number of rotatable bonds is 14. The van der Waals surface area contributed by atoms with Gasteiger partial charge in [-0.3, -0.25) is 0 Å². The summed E-state index contributed by atoms with van der Waals surface area (Å²) in [5.74, 6) is 1.58. The number of hydrogen-bond acceptors (Lipinski definition) is 2.